The third-order valence-corrected chi connectivity index (χ3v) is 3.80. The lowest BCUT2D eigenvalue weighted by atomic mass is 10.2. The zero-order valence-electron chi connectivity index (χ0n) is 13.5. The van der Waals surface area contributed by atoms with Crippen LogP contribution < -0.4 is 4.74 Å². The van der Waals surface area contributed by atoms with Gasteiger partial charge in [-0.2, -0.15) is 0 Å². The molecule has 3 aromatic rings. The average molecular weight is 311 g/mol. The summed E-state index contributed by atoms with van der Waals surface area (Å²) in [6.07, 6.45) is 5.44. The minimum Gasteiger partial charge on any atom is -0.497 e. The molecule has 2 heterocycles. The first kappa shape index (κ1) is 15.4. The van der Waals surface area contributed by atoms with E-state index in [2.05, 4.69) is 22.0 Å². The molecule has 0 saturated carbocycles. The monoisotopic (exact) mass is 311 g/mol. The quantitative estimate of drug-likeness (QED) is 0.672. The molecule has 0 radical (unpaired) electrons. The van der Waals surface area contributed by atoms with Crippen molar-refractivity contribution in [3.63, 3.8) is 0 Å². The Labute approximate surface area is 136 Å². The molecule has 120 valence electrons. The molecule has 2 aromatic heterocycles. The van der Waals surface area contributed by atoms with Crippen molar-refractivity contribution in [2.75, 3.05) is 7.11 Å². The summed E-state index contributed by atoms with van der Waals surface area (Å²) in [5.74, 6) is 1.83. The number of aromatic nitrogens is 2. The number of hydrogen-bond donors (Lipinski definition) is 0. The van der Waals surface area contributed by atoms with Crippen LogP contribution in [0.3, 0.4) is 0 Å². The van der Waals surface area contributed by atoms with Gasteiger partial charge in [0, 0.05) is 26.3 Å². The number of nitrogens with zero attached hydrogens (tertiary/aromatic N) is 3. The number of hydrogen-bond acceptors (Lipinski definition) is 4. The third-order valence-electron chi connectivity index (χ3n) is 3.80. The molecular formula is C18H21N3O2. The van der Waals surface area contributed by atoms with Gasteiger partial charge in [-0.15, -0.1) is 0 Å². The summed E-state index contributed by atoms with van der Waals surface area (Å²) in [7, 11) is 3.70. The lowest BCUT2D eigenvalue weighted by Gasteiger charge is -2.21. The Hall–Kier alpha value is -2.53. The second-order valence-electron chi connectivity index (χ2n) is 5.57. The van der Waals surface area contributed by atoms with Gasteiger partial charge in [0.2, 0.25) is 0 Å². The first-order valence-corrected chi connectivity index (χ1v) is 7.57. The van der Waals surface area contributed by atoms with Crippen molar-refractivity contribution in [2.45, 2.75) is 19.6 Å². The summed E-state index contributed by atoms with van der Waals surface area (Å²) in [5, 5.41) is 0. The Morgan fingerprint density at radius 2 is 2.09 bits per heavy atom. The highest BCUT2D eigenvalue weighted by Crippen LogP contribution is 2.17. The molecule has 5 nitrogen and oxygen atoms in total. The standard InChI is InChI=1S/C18H21N3O2/c1-20-14-19-10-16(20)12-21(13-18-7-4-8-23-18)11-15-5-3-6-17(9-15)22-2/h3-10,14H,11-13H2,1-2H3. The van der Waals surface area contributed by atoms with Crippen LogP contribution in [0.4, 0.5) is 0 Å². The second kappa shape index (κ2) is 7.15. The molecule has 0 fully saturated rings. The van der Waals surface area contributed by atoms with Gasteiger partial charge in [0.1, 0.15) is 11.5 Å². The van der Waals surface area contributed by atoms with Gasteiger partial charge in [0.25, 0.3) is 0 Å². The minimum atomic E-state index is 0.745. The molecule has 5 heteroatoms. The summed E-state index contributed by atoms with van der Waals surface area (Å²) < 4.78 is 12.9. The van der Waals surface area contributed by atoms with Crippen LogP contribution in [0.1, 0.15) is 17.0 Å². The van der Waals surface area contributed by atoms with E-state index in [4.69, 9.17) is 9.15 Å². The summed E-state index contributed by atoms with van der Waals surface area (Å²) in [6.45, 7) is 2.35. The predicted octanol–water partition coefficient (Wildman–Crippen LogP) is 3.22. The summed E-state index contributed by atoms with van der Waals surface area (Å²) in [5.41, 5.74) is 2.37. The number of imidazole rings is 1. The van der Waals surface area contributed by atoms with Gasteiger partial charge in [-0.1, -0.05) is 12.1 Å². The van der Waals surface area contributed by atoms with Gasteiger partial charge in [0.05, 0.1) is 31.9 Å². The van der Waals surface area contributed by atoms with Gasteiger partial charge in [-0.3, -0.25) is 4.90 Å². The van der Waals surface area contributed by atoms with Crippen molar-refractivity contribution in [3.05, 3.63) is 72.2 Å². The molecular weight excluding hydrogens is 290 g/mol. The van der Waals surface area contributed by atoms with Crippen molar-refractivity contribution >= 4 is 0 Å². The fourth-order valence-corrected chi connectivity index (χ4v) is 2.59. The van der Waals surface area contributed by atoms with Crippen LogP contribution in [0.25, 0.3) is 0 Å². The maximum Gasteiger partial charge on any atom is 0.119 e. The molecule has 0 atom stereocenters. The number of aryl methyl sites for hydroxylation is 1. The van der Waals surface area contributed by atoms with Crippen molar-refractivity contribution in [1.82, 2.24) is 14.5 Å². The lowest BCUT2D eigenvalue weighted by Crippen LogP contribution is -2.23. The van der Waals surface area contributed by atoms with Gasteiger partial charge < -0.3 is 13.7 Å². The zero-order valence-corrected chi connectivity index (χ0v) is 13.5. The minimum absolute atomic E-state index is 0.745. The van der Waals surface area contributed by atoms with Crippen LogP contribution in [0, 0.1) is 0 Å². The Morgan fingerprint density at radius 1 is 1.17 bits per heavy atom. The third kappa shape index (κ3) is 4.02. The Balaban J connectivity index is 1.77. The highest BCUT2D eigenvalue weighted by Gasteiger charge is 2.12. The Kier molecular flexibility index (Phi) is 4.78. The Morgan fingerprint density at radius 3 is 2.78 bits per heavy atom. The van der Waals surface area contributed by atoms with Gasteiger partial charge in [0.15, 0.2) is 0 Å². The summed E-state index contributed by atoms with van der Waals surface area (Å²) in [4.78, 5) is 6.52. The summed E-state index contributed by atoms with van der Waals surface area (Å²) in [6, 6.07) is 12.1. The molecule has 1 aromatic carbocycles. The molecule has 0 unspecified atom stereocenters. The largest absolute Gasteiger partial charge is 0.497 e. The molecule has 0 amide bonds. The number of rotatable bonds is 7. The van der Waals surface area contributed by atoms with E-state index in [1.165, 1.54) is 11.3 Å². The first-order valence-electron chi connectivity index (χ1n) is 7.57. The molecule has 0 aliphatic carbocycles. The first-order chi connectivity index (χ1) is 11.2. The maximum atomic E-state index is 5.51. The zero-order chi connectivity index (χ0) is 16.1. The van der Waals surface area contributed by atoms with E-state index in [0.717, 1.165) is 31.1 Å². The molecule has 0 saturated heterocycles. The molecule has 0 aliphatic rings. The van der Waals surface area contributed by atoms with Crippen molar-refractivity contribution < 1.29 is 9.15 Å². The molecule has 23 heavy (non-hydrogen) atoms. The van der Waals surface area contributed by atoms with E-state index in [1.807, 2.05) is 48.4 Å². The smallest absolute Gasteiger partial charge is 0.119 e. The van der Waals surface area contributed by atoms with E-state index >= 15 is 0 Å². The molecule has 0 aliphatic heterocycles. The van der Waals surface area contributed by atoms with Crippen LogP contribution in [0.2, 0.25) is 0 Å². The number of methoxy groups -OCH3 is 1. The van der Waals surface area contributed by atoms with E-state index in [0.29, 0.717) is 0 Å². The van der Waals surface area contributed by atoms with E-state index in [-0.39, 0.29) is 0 Å². The fourth-order valence-electron chi connectivity index (χ4n) is 2.59. The summed E-state index contributed by atoms with van der Waals surface area (Å²) >= 11 is 0. The van der Waals surface area contributed by atoms with Crippen molar-refractivity contribution in [1.29, 1.82) is 0 Å². The van der Waals surface area contributed by atoms with Crippen molar-refractivity contribution in [3.8, 4) is 5.75 Å². The van der Waals surface area contributed by atoms with Crippen LogP contribution in [0.15, 0.2) is 59.6 Å². The molecule has 0 spiro atoms. The van der Waals surface area contributed by atoms with Gasteiger partial charge in [-0.25, -0.2) is 4.98 Å². The van der Waals surface area contributed by atoms with E-state index in [1.54, 1.807) is 13.4 Å². The van der Waals surface area contributed by atoms with Crippen LogP contribution in [0.5, 0.6) is 5.75 Å². The van der Waals surface area contributed by atoms with Crippen molar-refractivity contribution in [2.24, 2.45) is 7.05 Å². The average Bonchev–Trinajstić information content (AvgIpc) is 3.20. The SMILES string of the molecule is COc1cccc(CN(Cc2ccco2)Cc2cncn2C)c1. The normalized spacial score (nSPS) is 11.1. The molecule has 3 rings (SSSR count). The van der Waals surface area contributed by atoms with E-state index in [9.17, 15) is 0 Å². The fraction of sp³-hybridized carbons (Fsp3) is 0.278. The van der Waals surface area contributed by atoms with Crippen LogP contribution in [-0.2, 0) is 26.7 Å². The van der Waals surface area contributed by atoms with Crippen LogP contribution >= 0.6 is 0 Å². The molecule has 0 N–H and O–H groups in total. The number of benzene rings is 1. The number of furan rings is 1. The van der Waals surface area contributed by atoms with Gasteiger partial charge >= 0.3 is 0 Å². The topological polar surface area (TPSA) is 43.4 Å². The Bertz CT molecular complexity index is 734. The van der Waals surface area contributed by atoms with Gasteiger partial charge in [-0.05, 0) is 29.8 Å². The lowest BCUT2D eigenvalue weighted by molar-refractivity contribution is 0.222. The highest BCUT2D eigenvalue weighted by atomic mass is 16.5. The maximum absolute atomic E-state index is 5.51. The molecule has 0 bridgehead atoms. The second-order valence-corrected chi connectivity index (χ2v) is 5.57. The predicted molar refractivity (Wildman–Crippen MR) is 87.9 cm³/mol. The van der Waals surface area contributed by atoms with E-state index < -0.39 is 0 Å². The highest BCUT2D eigenvalue weighted by molar-refractivity contribution is 5.28. The van der Waals surface area contributed by atoms with Crippen LogP contribution in [-0.4, -0.2) is 21.6 Å². The number of ether oxygens (including phenoxy) is 1.